The largest absolute Gasteiger partial charge is 0.510 e. The van der Waals surface area contributed by atoms with Crippen molar-refractivity contribution in [3.8, 4) is 6.07 Å². The standard InChI is InChI=1S/C23H27N3O6/c1-7-25-19(20(27)17-9-15(6)8-16(10-17)11-24)18(13(2)3)21(28)26(22(25)29)12-31-23(30)32-14(4)5/h8-10,13-14H,7,12H2,1-6H3. The van der Waals surface area contributed by atoms with Crippen molar-refractivity contribution in [1.82, 2.24) is 9.13 Å². The number of carbonyl (C=O) groups excluding carboxylic acids is 2. The summed E-state index contributed by atoms with van der Waals surface area (Å²) in [4.78, 5) is 51.4. The van der Waals surface area contributed by atoms with Crippen LogP contribution in [0.2, 0.25) is 0 Å². The fourth-order valence-corrected chi connectivity index (χ4v) is 3.35. The summed E-state index contributed by atoms with van der Waals surface area (Å²) in [6, 6.07) is 6.68. The van der Waals surface area contributed by atoms with Gasteiger partial charge in [-0.2, -0.15) is 5.26 Å². The number of nitriles is 1. The summed E-state index contributed by atoms with van der Waals surface area (Å²) < 4.78 is 11.8. The molecule has 9 nitrogen and oxygen atoms in total. The number of ketones is 1. The minimum atomic E-state index is -1.01. The van der Waals surface area contributed by atoms with Gasteiger partial charge in [0, 0.05) is 17.7 Å². The number of benzene rings is 1. The smallest absolute Gasteiger partial charge is 0.432 e. The van der Waals surface area contributed by atoms with E-state index in [1.165, 1.54) is 10.6 Å². The molecule has 0 fully saturated rings. The number of rotatable bonds is 7. The predicted molar refractivity (Wildman–Crippen MR) is 117 cm³/mol. The lowest BCUT2D eigenvalue weighted by atomic mass is 9.95. The Morgan fingerprint density at radius 2 is 1.75 bits per heavy atom. The van der Waals surface area contributed by atoms with Crippen LogP contribution in [0.4, 0.5) is 4.79 Å². The maximum Gasteiger partial charge on any atom is 0.510 e. The quantitative estimate of drug-likeness (QED) is 0.478. The van der Waals surface area contributed by atoms with Crippen LogP contribution < -0.4 is 11.2 Å². The zero-order valence-corrected chi connectivity index (χ0v) is 19.1. The molecule has 0 unspecified atom stereocenters. The summed E-state index contributed by atoms with van der Waals surface area (Å²) in [5.74, 6) is -0.939. The first-order valence-corrected chi connectivity index (χ1v) is 10.3. The highest BCUT2D eigenvalue weighted by Crippen LogP contribution is 2.20. The molecule has 0 aliphatic heterocycles. The lowest BCUT2D eigenvalue weighted by molar-refractivity contribution is 0.0138. The fourth-order valence-electron chi connectivity index (χ4n) is 3.35. The Morgan fingerprint density at radius 1 is 1.09 bits per heavy atom. The zero-order chi connectivity index (χ0) is 24.2. The van der Waals surface area contributed by atoms with Crippen LogP contribution in [0.5, 0.6) is 0 Å². The molecule has 0 saturated carbocycles. The molecule has 0 aliphatic carbocycles. The molecule has 0 radical (unpaired) electrons. The van der Waals surface area contributed by atoms with Crippen molar-refractivity contribution in [2.75, 3.05) is 0 Å². The van der Waals surface area contributed by atoms with Crippen molar-refractivity contribution >= 4 is 11.9 Å². The van der Waals surface area contributed by atoms with Gasteiger partial charge in [0.1, 0.15) is 5.69 Å². The van der Waals surface area contributed by atoms with Crippen LogP contribution in [0.25, 0.3) is 0 Å². The van der Waals surface area contributed by atoms with Gasteiger partial charge in [-0.3, -0.25) is 14.2 Å². The van der Waals surface area contributed by atoms with Gasteiger partial charge in [0.15, 0.2) is 6.73 Å². The first-order chi connectivity index (χ1) is 15.0. The second-order valence-electron chi connectivity index (χ2n) is 7.90. The lowest BCUT2D eigenvalue weighted by Crippen LogP contribution is -2.45. The van der Waals surface area contributed by atoms with E-state index < -0.39 is 41.9 Å². The van der Waals surface area contributed by atoms with Crippen LogP contribution in [-0.4, -0.2) is 27.2 Å². The highest BCUT2D eigenvalue weighted by Gasteiger charge is 2.27. The van der Waals surface area contributed by atoms with Gasteiger partial charge in [0.2, 0.25) is 5.78 Å². The first kappa shape index (κ1) is 24.6. The van der Waals surface area contributed by atoms with Crippen LogP contribution in [-0.2, 0) is 22.7 Å². The molecular weight excluding hydrogens is 414 g/mol. The molecule has 170 valence electrons. The van der Waals surface area contributed by atoms with E-state index in [0.29, 0.717) is 11.1 Å². The molecule has 1 heterocycles. The summed E-state index contributed by atoms with van der Waals surface area (Å²) in [5.41, 5.74) is -0.201. The van der Waals surface area contributed by atoms with Crippen LogP contribution in [0, 0.1) is 18.3 Å². The van der Waals surface area contributed by atoms with Gasteiger partial charge in [0.25, 0.3) is 5.56 Å². The average Bonchev–Trinajstić information content (AvgIpc) is 2.71. The predicted octanol–water partition coefficient (Wildman–Crippen LogP) is 3.08. The molecule has 0 bridgehead atoms. The van der Waals surface area contributed by atoms with Crippen molar-refractivity contribution < 1.29 is 19.1 Å². The van der Waals surface area contributed by atoms with E-state index in [-0.39, 0.29) is 23.4 Å². The second-order valence-corrected chi connectivity index (χ2v) is 7.90. The zero-order valence-electron chi connectivity index (χ0n) is 19.1. The van der Waals surface area contributed by atoms with Crippen molar-refractivity contribution in [1.29, 1.82) is 5.26 Å². The molecule has 2 aromatic rings. The molecule has 1 aromatic heterocycles. The molecule has 9 heteroatoms. The number of aryl methyl sites for hydroxylation is 1. The van der Waals surface area contributed by atoms with Gasteiger partial charge >= 0.3 is 11.8 Å². The molecule has 0 amide bonds. The third-order valence-electron chi connectivity index (χ3n) is 4.68. The van der Waals surface area contributed by atoms with Gasteiger partial charge < -0.3 is 9.47 Å². The fraction of sp³-hybridized carbons (Fsp3) is 0.435. The van der Waals surface area contributed by atoms with Gasteiger partial charge in [-0.15, -0.1) is 0 Å². The molecule has 0 atom stereocenters. The van der Waals surface area contributed by atoms with Crippen molar-refractivity contribution in [2.45, 2.75) is 66.8 Å². The summed E-state index contributed by atoms with van der Waals surface area (Å²) in [5, 5.41) is 9.24. The molecule has 2 rings (SSSR count). The van der Waals surface area contributed by atoms with E-state index in [1.807, 2.05) is 6.07 Å². The number of hydrogen-bond acceptors (Lipinski definition) is 7. The third-order valence-corrected chi connectivity index (χ3v) is 4.68. The summed E-state index contributed by atoms with van der Waals surface area (Å²) in [6.45, 7) is 9.62. The molecule has 1 aromatic carbocycles. The highest BCUT2D eigenvalue weighted by molar-refractivity contribution is 6.09. The molecule has 0 aliphatic rings. The Kier molecular flexibility index (Phi) is 7.76. The Morgan fingerprint density at radius 3 is 2.28 bits per heavy atom. The molecule has 0 saturated heterocycles. The Labute approximate surface area is 185 Å². The van der Waals surface area contributed by atoms with Crippen LogP contribution in [0.15, 0.2) is 27.8 Å². The average molecular weight is 441 g/mol. The van der Waals surface area contributed by atoms with E-state index >= 15 is 0 Å². The van der Waals surface area contributed by atoms with E-state index in [0.717, 1.165) is 4.57 Å². The van der Waals surface area contributed by atoms with Crippen molar-refractivity contribution in [3.05, 3.63) is 67.0 Å². The van der Waals surface area contributed by atoms with Gasteiger partial charge in [-0.1, -0.05) is 13.8 Å². The monoisotopic (exact) mass is 441 g/mol. The SMILES string of the molecule is CCn1c(C(=O)c2cc(C)cc(C#N)c2)c(C(C)C)c(=O)n(COC(=O)OC(C)C)c1=O. The number of ether oxygens (including phenoxy) is 2. The lowest BCUT2D eigenvalue weighted by Gasteiger charge is -2.20. The molecule has 0 spiro atoms. The number of aromatic nitrogens is 2. The van der Waals surface area contributed by atoms with Gasteiger partial charge in [-0.25, -0.2) is 14.2 Å². The summed E-state index contributed by atoms with van der Waals surface area (Å²) in [6.07, 6.45) is -1.44. The topological polar surface area (TPSA) is 120 Å². The Bertz CT molecular complexity index is 1200. The van der Waals surface area contributed by atoms with E-state index in [2.05, 4.69) is 0 Å². The van der Waals surface area contributed by atoms with Gasteiger partial charge in [0.05, 0.1) is 17.7 Å². The molecule has 0 N–H and O–H groups in total. The highest BCUT2D eigenvalue weighted by atomic mass is 16.7. The molecular formula is C23H27N3O6. The van der Waals surface area contributed by atoms with Gasteiger partial charge in [-0.05, 0) is 57.4 Å². The minimum Gasteiger partial charge on any atom is -0.432 e. The maximum atomic E-state index is 13.5. The Balaban J connectivity index is 2.70. The number of nitrogens with zero attached hydrogens (tertiary/aromatic N) is 3. The van der Waals surface area contributed by atoms with E-state index in [9.17, 15) is 24.4 Å². The second kappa shape index (κ2) is 10.1. The van der Waals surface area contributed by atoms with Crippen LogP contribution in [0.3, 0.4) is 0 Å². The third kappa shape index (κ3) is 5.14. The Hall–Kier alpha value is -3.67. The number of hydrogen-bond donors (Lipinski definition) is 0. The normalized spacial score (nSPS) is 10.8. The minimum absolute atomic E-state index is 0.0343. The van der Waals surface area contributed by atoms with Crippen molar-refractivity contribution in [2.24, 2.45) is 0 Å². The van der Waals surface area contributed by atoms with Crippen molar-refractivity contribution in [3.63, 3.8) is 0 Å². The van der Waals surface area contributed by atoms with Crippen LogP contribution >= 0.6 is 0 Å². The first-order valence-electron chi connectivity index (χ1n) is 10.3. The van der Waals surface area contributed by atoms with Crippen LogP contribution in [0.1, 0.15) is 73.3 Å². The summed E-state index contributed by atoms with van der Waals surface area (Å²) >= 11 is 0. The van der Waals surface area contributed by atoms with E-state index in [4.69, 9.17) is 9.47 Å². The summed E-state index contributed by atoms with van der Waals surface area (Å²) in [7, 11) is 0. The maximum absolute atomic E-state index is 13.5. The molecule has 32 heavy (non-hydrogen) atoms. The van der Waals surface area contributed by atoms with E-state index in [1.54, 1.807) is 53.7 Å². The number of carbonyl (C=O) groups is 2.